The summed E-state index contributed by atoms with van der Waals surface area (Å²) in [6.45, 7) is 0.00911. The van der Waals surface area contributed by atoms with Crippen LogP contribution in [0.25, 0.3) is 27.7 Å². The van der Waals surface area contributed by atoms with Crippen molar-refractivity contribution in [2.75, 3.05) is 6.54 Å². The summed E-state index contributed by atoms with van der Waals surface area (Å²) in [4.78, 5) is 18.1. The van der Waals surface area contributed by atoms with Crippen molar-refractivity contribution in [1.29, 1.82) is 5.41 Å². The zero-order valence-electron chi connectivity index (χ0n) is 17.4. The number of nitrogens with zero attached hydrogens (tertiary/aromatic N) is 2. The third-order valence-corrected chi connectivity index (χ3v) is 5.84. The summed E-state index contributed by atoms with van der Waals surface area (Å²) in [6, 6.07) is 25.6. The Labute approximate surface area is 195 Å². The molecular weight excluding hydrogens is 436 g/mol. The fourth-order valence-electron chi connectivity index (χ4n) is 3.94. The molecule has 0 saturated carbocycles. The number of hydrazine groups is 1. The van der Waals surface area contributed by atoms with E-state index >= 15 is 0 Å². The monoisotopic (exact) mass is 454 g/mol. The van der Waals surface area contributed by atoms with Crippen LogP contribution in [0.3, 0.4) is 0 Å². The van der Waals surface area contributed by atoms with E-state index < -0.39 is 5.91 Å². The van der Waals surface area contributed by atoms with Crippen LogP contribution in [0.2, 0.25) is 5.02 Å². The minimum Gasteiger partial charge on any atom is -0.510 e. The van der Waals surface area contributed by atoms with Gasteiger partial charge in [-0.25, -0.2) is 4.98 Å². The number of amides is 1. The van der Waals surface area contributed by atoms with E-state index in [4.69, 9.17) is 22.0 Å². The fourth-order valence-corrected chi connectivity index (χ4v) is 4.17. The number of aliphatic hydroxyl groups is 1. The van der Waals surface area contributed by atoms with Crippen LogP contribution in [0.1, 0.15) is 15.9 Å². The number of nitrogens with one attached hydrogen (secondary N) is 2. The average molecular weight is 455 g/mol. The van der Waals surface area contributed by atoms with Crippen LogP contribution < -0.4 is 5.43 Å². The van der Waals surface area contributed by atoms with Crippen LogP contribution in [-0.2, 0) is 0 Å². The Morgan fingerprint density at radius 1 is 1.00 bits per heavy atom. The lowest BCUT2D eigenvalue weighted by Crippen LogP contribution is -2.44. The van der Waals surface area contributed by atoms with Gasteiger partial charge in [0.05, 0.1) is 28.9 Å². The Morgan fingerprint density at radius 2 is 1.70 bits per heavy atom. The van der Waals surface area contributed by atoms with Crippen molar-refractivity contribution >= 4 is 39.8 Å². The molecule has 162 valence electrons. The maximum Gasteiger partial charge on any atom is 0.270 e. The van der Waals surface area contributed by atoms with Gasteiger partial charge in [-0.3, -0.25) is 20.6 Å². The molecule has 0 atom stereocenters. The minimum absolute atomic E-state index is 0.00911. The molecule has 5 rings (SSSR count). The second-order valence-electron chi connectivity index (χ2n) is 7.62. The van der Waals surface area contributed by atoms with Crippen molar-refractivity contribution < 1.29 is 9.90 Å². The van der Waals surface area contributed by atoms with Gasteiger partial charge in [0.1, 0.15) is 5.76 Å². The van der Waals surface area contributed by atoms with Gasteiger partial charge in [-0.05, 0) is 23.8 Å². The second kappa shape index (κ2) is 8.41. The van der Waals surface area contributed by atoms with Gasteiger partial charge in [0.2, 0.25) is 0 Å². The Bertz CT molecular complexity index is 1430. The first kappa shape index (κ1) is 20.7. The van der Waals surface area contributed by atoms with Crippen molar-refractivity contribution in [3.63, 3.8) is 0 Å². The van der Waals surface area contributed by atoms with E-state index in [0.717, 1.165) is 5.56 Å². The number of aliphatic hydroxyl groups excluding tert-OH is 1. The number of carbonyl (C=O) groups excluding carboxylic acids is 1. The van der Waals surface area contributed by atoms with Gasteiger partial charge in [-0.2, -0.15) is 0 Å². The van der Waals surface area contributed by atoms with Gasteiger partial charge in [-0.15, -0.1) is 0 Å². The third kappa shape index (κ3) is 3.81. The first-order valence-electron chi connectivity index (χ1n) is 10.3. The number of fused-ring (bicyclic) bond motifs is 1. The van der Waals surface area contributed by atoms with E-state index in [-0.39, 0.29) is 18.1 Å². The molecule has 7 heteroatoms. The van der Waals surface area contributed by atoms with Crippen LogP contribution in [0.4, 0.5) is 0 Å². The van der Waals surface area contributed by atoms with Crippen molar-refractivity contribution in [2.45, 2.75) is 0 Å². The standard InChI is InChI=1S/C26H19ClN4O2/c27-20-12-6-4-11-18(20)22-14-19(17-10-5-7-13-21(17)29-22)26(33)30-31-15-23(32)24(25(31)28)16-8-2-1-3-9-16/h1-14,28,32H,15H2,(H,30,33). The first-order valence-corrected chi connectivity index (χ1v) is 10.7. The van der Waals surface area contributed by atoms with Gasteiger partial charge in [0.15, 0.2) is 5.84 Å². The molecule has 0 radical (unpaired) electrons. The van der Waals surface area contributed by atoms with E-state index in [1.807, 2.05) is 72.8 Å². The van der Waals surface area contributed by atoms with E-state index in [1.54, 1.807) is 12.1 Å². The SMILES string of the molecule is N=C1C(c2ccccc2)=C(O)CN1NC(=O)c1cc(-c2ccccc2Cl)nc2ccccc12. The first-order chi connectivity index (χ1) is 16.0. The molecule has 0 saturated heterocycles. The molecule has 0 unspecified atom stereocenters. The lowest BCUT2D eigenvalue weighted by molar-refractivity contribution is 0.0876. The van der Waals surface area contributed by atoms with E-state index in [0.29, 0.717) is 38.3 Å². The molecule has 1 aromatic heterocycles. The van der Waals surface area contributed by atoms with E-state index in [1.165, 1.54) is 5.01 Å². The normalized spacial score (nSPS) is 13.6. The van der Waals surface area contributed by atoms with Crippen molar-refractivity contribution in [1.82, 2.24) is 15.4 Å². The Morgan fingerprint density at radius 3 is 2.48 bits per heavy atom. The van der Waals surface area contributed by atoms with Gasteiger partial charge in [-0.1, -0.05) is 78.3 Å². The quantitative estimate of drug-likeness (QED) is 0.382. The van der Waals surface area contributed by atoms with Crippen molar-refractivity contribution in [3.8, 4) is 11.3 Å². The lowest BCUT2D eigenvalue weighted by Gasteiger charge is -2.20. The number of hydrogen-bond acceptors (Lipinski definition) is 4. The molecule has 0 bridgehead atoms. The molecule has 1 aliphatic heterocycles. The molecule has 33 heavy (non-hydrogen) atoms. The van der Waals surface area contributed by atoms with Crippen LogP contribution >= 0.6 is 11.6 Å². The molecule has 1 amide bonds. The van der Waals surface area contributed by atoms with Gasteiger partial charge < -0.3 is 5.11 Å². The third-order valence-electron chi connectivity index (χ3n) is 5.51. The molecule has 0 aliphatic carbocycles. The Balaban J connectivity index is 1.49. The highest BCUT2D eigenvalue weighted by Gasteiger charge is 2.30. The number of carbonyl (C=O) groups is 1. The van der Waals surface area contributed by atoms with Crippen molar-refractivity contribution in [2.24, 2.45) is 0 Å². The number of halogens is 1. The molecule has 0 fully saturated rings. The van der Waals surface area contributed by atoms with Gasteiger partial charge in [0, 0.05) is 16.0 Å². The topological polar surface area (TPSA) is 89.3 Å². The van der Waals surface area contributed by atoms with Crippen LogP contribution in [0.5, 0.6) is 0 Å². The molecule has 4 aromatic rings. The summed E-state index contributed by atoms with van der Waals surface area (Å²) in [5.41, 5.74) is 6.23. The number of aromatic nitrogens is 1. The van der Waals surface area contributed by atoms with Crippen LogP contribution in [0.15, 0.2) is 90.7 Å². The zero-order chi connectivity index (χ0) is 22.9. The number of para-hydroxylation sites is 1. The highest BCUT2D eigenvalue weighted by atomic mass is 35.5. The number of amidine groups is 1. The van der Waals surface area contributed by atoms with Gasteiger partial charge >= 0.3 is 0 Å². The predicted octanol–water partition coefficient (Wildman–Crippen LogP) is 5.46. The number of benzene rings is 3. The Hall–Kier alpha value is -4.16. The molecule has 0 spiro atoms. The van der Waals surface area contributed by atoms with E-state index in [9.17, 15) is 9.90 Å². The number of rotatable bonds is 4. The second-order valence-corrected chi connectivity index (χ2v) is 8.02. The smallest absolute Gasteiger partial charge is 0.270 e. The minimum atomic E-state index is -0.409. The average Bonchev–Trinajstić information content (AvgIpc) is 3.11. The summed E-state index contributed by atoms with van der Waals surface area (Å²) in [7, 11) is 0. The number of hydrogen-bond donors (Lipinski definition) is 3. The highest BCUT2D eigenvalue weighted by Crippen LogP contribution is 2.30. The molecule has 1 aliphatic rings. The summed E-state index contributed by atoms with van der Waals surface area (Å²) in [5, 5.41) is 21.6. The molecular formula is C26H19ClN4O2. The van der Waals surface area contributed by atoms with E-state index in [2.05, 4.69) is 5.43 Å². The fraction of sp³-hybridized carbons (Fsp3) is 0.0385. The van der Waals surface area contributed by atoms with Gasteiger partial charge in [0.25, 0.3) is 5.91 Å². The largest absolute Gasteiger partial charge is 0.510 e. The maximum atomic E-state index is 13.4. The zero-order valence-corrected chi connectivity index (χ0v) is 18.2. The van der Waals surface area contributed by atoms with Crippen LogP contribution in [0, 0.1) is 5.41 Å². The van der Waals surface area contributed by atoms with Crippen LogP contribution in [-0.4, -0.2) is 33.4 Å². The molecule has 6 nitrogen and oxygen atoms in total. The predicted molar refractivity (Wildman–Crippen MR) is 130 cm³/mol. The summed E-state index contributed by atoms with van der Waals surface area (Å²) >= 11 is 6.38. The van der Waals surface area contributed by atoms with Crippen molar-refractivity contribution in [3.05, 3.63) is 107 Å². The molecule has 3 aromatic carbocycles. The number of pyridine rings is 1. The summed E-state index contributed by atoms with van der Waals surface area (Å²) in [6.07, 6.45) is 0. The molecule has 2 heterocycles. The summed E-state index contributed by atoms with van der Waals surface area (Å²) < 4.78 is 0. The Kier molecular flexibility index (Phi) is 5.28. The summed E-state index contributed by atoms with van der Waals surface area (Å²) in [5.74, 6) is -0.353. The molecule has 3 N–H and O–H groups in total. The maximum absolute atomic E-state index is 13.4. The lowest BCUT2D eigenvalue weighted by atomic mass is 10.0. The highest BCUT2D eigenvalue weighted by molar-refractivity contribution is 6.33.